The minimum absolute atomic E-state index is 0.279. The first-order valence-corrected chi connectivity index (χ1v) is 6.15. The van der Waals surface area contributed by atoms with E-state index in [-0.39, 0.29) is 5.75 Å². The van der Waals surface area contributed by atoms with Gasteiger partial charge in [-0.05, 0) is 23.8 Å². The highest BCUT2D eigenvalue weighted by Gasteiger charge is 2.31. The molecule has 1 unspecified atom stereocenters. The van der Waals surface area contributed by atoms with Gasteiger partial charge in [-0.1, -0.05) is 30.3 Å². The average molecular weight is 297 g/mol. The van der Waals surface area contributed by atoms with Gasteiger partial charge in [0.2, 0.25) is 0 Å². The molecule has 0 aliphatic rings. The molecular formula is C15H14F3NO2. The Bertz CT molecular complexity index is 597. The minimum Gasteiger partial charge on any atom is -0.496 e. The van der Waals surface area contributed by atoms with Crippen LogP contribution < -0.4 is 15.2 Å². The number of hydrogen-bond donors (Lipinski definition) is 1. The van der Waals surface area contributed by atoms with Crippen molar-refractivity contribution in [3.63, 3.8) is 0 Å². The topological polar surface area (TPSA) is 44.5 Å². The Hall–Kier alpha value is -2.21. The van der Waals surface area contributed by atoms with Crippen LogP contribution in [0, 0.1) is 0 Å². The van der Waals surface area contributed by atoms with E-state index in [1.165, 1.54) is 31.4 Å². The number of para-hydroxylation sites is 1. The van der Waals surface area contributed by atoms with Crippen molar-refractivity contribution < 1.29 is 22.6 Å². The fraction of sp³-hybridized carbons (Fsp3) is 0.200. The lowest BCUT2D eigenvalue weighted by Gasteiger charge is -2.16. The minimum atomic E-state index is -4.70. The summed E-state index contributed by atoms with van der Waals surface area (Å²) in [7, 11) is 1.53. The maximum atomic E-state index is 12.1. The first kappa shape index (κ1) is 15.2. The third-order valence-electron chi connectivity index (χ3n) is 2.95. The van der Waals surface area contributed by atoms with Crippen LogP contribution in [0.3, 0.4) is 0 Å². The smallest absolute Gasteiger partial charge is 0.496 e. The molecule has 0 saturated heterocycles. The van der Waals surface area contributed by atoms with Crippen molar-refractivity contribution in [3.8, 4) is 11.5 Å². The van der Waals surface area contributed by atoms with Crippen molar-refractivity contribution >= 4 is 0 Å². The van der Waals surface area contributed by atoms with Gasteiger partial charge in [-0.15, -0.1) is 13.2 Å². The molecule has 0 heterocycles. The molecule has 1 atom stereocenters. The van der Waals surface area contributed by atoms with Crippen molar-refractivity contribution in [2.24, 2.45) is 5.73 Å². The molecule has 0 fully saturated rings. The molecule has 6 heteroatoms. The Balaban J connectivity index is 2.22. The molecule has 2 aromatic carbocycles. The monoisotopic (exact) mass is 297 g/mol. The highest BCUT2D eigenvalue weighted by Crippen LogP contribution is 2.30. The van der Waals surface area contributed by atoms with Gasteiger partial charge in [-0.25, -0.2) is 0 Å². The first-order valence-electron chi connectivity index (χ1n) is 6.15. The zero-order valence-electron chi connectivity index (χ0n) is 11.2. The molecule has 0 aliphatic carbocycles. The van der Waals surface area contributed by atoms with Crippen LogP contribution in [0.4, 0.5) is 13.2 Å². The van der Waals surface area contributed by atoms with Crippen LogP contribution in [0.5, 0.6) is 11.5 Å². The normalized spacial score (nSPS) is 12.8. The van der Waals surface area contributed by atoms with E-state index in [0.29, 0.717) is 11.3 Å². The van der Waals surface area contributed by atoms with Gasteiger partial charge in [0.15, 0.2) is 0 Å². The Morgan fingerprint density at radius 3 is 2.19 bits per heavy atom. The number of rotatable bonds is 4. The Kier molecular flexibility index (Phi) is 4.37. The van der Waals surface area contributed by atoms with Gasteiger partial charge in [0, 0.05) is 5.56 Å². The lowest BCUT2D eigenvalue weighted by Crippen LogP contribution is -2.17. The predicted molar refractivity (Wildman–Crippen MR) is 72.1 cm³/mol. The zero-order chi connectivity index (χ0) is 15.5. The maximum Gasteiger partial charge on any atom is 0.573 e. The second-order valence-corrected chi connectivity index (χ2v) is 4.34. The summed E-state index contributed by atoms with van der Waals surface area (Å²) in [5.41, 5.74) is 7.54. The number of nitrogens with two attached hydrogens (primary N) is 1. The van der Waals surface area contributed by atoms with E-state index in [4.69, 9.17) is 10.5 Å². The van der Waals surface area contributed by atoms with Gasteiger partial charge in [0.1, 0.15) is 11.5 Å². The second kappa shape index (κ2) is 6.05. The van der Waals surface area contributed by atoms with Crippen LogP contribution >= 0.6 is 0 Å². The molecule has 0 aromatic heterocycles. The third kappa shape index (κ3) is 3.88. The molecule has 0 bridgehead atoms. The SMILES string of the molecule is COc1ccccc1C(N)c1ccc(OC(F)(F)F)cc1. The summed E-state index contributed by atoms with van der Waals surface area (Å²) in [6.07, 6.45) is -4.70. The quantitative estimate of drug-likeness (QED) is 0.937. The van der Waals surface area contributed by atoms with Crippen LogP contribution in [-0.4, -0.2) is 13.5 Å². The Labute approximate surface area is 120 Å². The molecule has 0 saturated carbocycles. The van der Waals surface area contributed by atoms with Crippen molar-refractivity contribution in [1.82, 2.24) is 0 Å². The highest BCUT2D eigenvalue weighted by molar-refractivity contribution is 5.42. The van der Waals surface area contributed by atoms with Gasteiger partial charge >= 0.3 is 6.36 Å². The molecular weight excluding hydrogens is 283 g/mol. The summed E-state index contributed by atoms with van der Waals surface area (Å²) in [6.45, 7) is 0. The standard InChI is InChI=1S/C15H14F3NO2/c1-20-13-5-3-2-4-12(13)14(19)10-6-8-11(9-7-10)21-15(16,17)18/h2-9,14H,19H2,1H3. The predicted octanol–water partition coefficient (Wildman–Crippen LogP) is 3.64. The lowest BCUT2D eigenvalue weighted by atomic mass is 9.99. The molecule has 2 aromatic rings. The summed E-state index contributed by atoms with van der Waals surface area (Å²) in [5, 5.41) is 0. The summed E-state index contributed by atoms with van der Waals surface area (Å²) in [5.74, 6) is 0.346. The fourth-order valence-corrected chi connectivity index (χ4v) is 1.98. The summed E-state index contributed by atoms with van der Waals surface area (Å²) in [4.78, 5) is 0. The van der Waals surface area contributed by atoms with Crippen LogP contribution in [0.25, 0.3) is 0 Å². The maximum absolute atomic E-state index is 12.1. The van der Waals surface area contributed by atoms with Crippen molar-refractivity contribution in [2.45, 2.75) is 12.4 Å². The molecule has 2 rings (SSSR count). The molecule has 0 radical (unpaired) electrons. The Morgan fingerprint density at radius 1 is 1.00 bits per heavy atom. The van der Waals surface area contributed by atoms with Gasteiger partial charge in [-0.3, -0.25) is 0 Å². The zero-order valence-corrected chi connectivity index (χ0v) is 11.2. The number of ether oxygens (including phenoxy) is 2. The van der Waals surface area contributed by atoms with Gasteiger partial charge in [-0.2, -0.15) is 0 Å². The van der Waals surface area contributed by atoms with E-state index < -0.39 is 12.4 Å². The summed E-state index contributed by atoms with van der Waals surface area (Å²) >= 11 is 0. The van der Waals surface area contributed by atoms with Crippen LogP contribution in [0.2, 0.25) is 0 Å². The number of methoxy groups -OCH3 is 1. The first-order chi connectivity index (χ1) is 9.90. The molecule has 2 N–H and O–H groups in total. The third-order valence-corrected chi connectivity index (χ3v) is 2.95. The second-order valence-electron chi connectivity index (χ2n) is 4.34. The summed E-state index contributed by atoms with van der Waals surface area (Å²) < 4.78 is 45.3. The van der Waals surface area contributed by atoms with Crippen molar-refractivity contribution in [2.75, 3.05) is 7.11 Å². The molecule has 21 heavy (non-hydrogen) atoms. The number of alkyl halides is 3. The number of halogens is 3. The largest absolute Gasteiger partial charge is 0.573 e. The molecule has 112 valence electrons. The molecule has 3 nitrogen and oxygen atoms in total. The number of benzene rings is 2. The summed E-state index contributed by atoms with van der Waals surface area (Å²) in [6, 6.07) is 12.2. The fourth-order valence-electron chi connectivity index (χ4n) is 1.98. The molecule has 0 spiro atoms. The van der Waals surface area contributed by atoms with Crippen molar-refractivity contribution in [3.05, 3.63) is 59.7 Å². The molecule has 0 amide bonds. The Morgan fingerprint density at radius 2 is 1.62 bits per heavy atom. The van der Waals surface area contributed by atoms with Gasteiger partial charge in [0.25, 0.3) is 0 Å². The molecule has 0 aliphatic heterocycles. The van der Waals surface area contributed by atoms with Crippen LogP contribution in [-0.2, 0) is 0 Å². The van der Waals surface area contributed by atoms with E-state index in [0.717, 1.165) is 5.56 Å². The van der Waals surface area contributed by atoms with Gasteiger partial charge in [0.05, 0.1) is 13.2 Å². The van der Waals surface area contributed by atoms with Gasteiger partial charge < -0.3 is 15.2 Å². The van der Waals surface area contributed by atoms with E-state index in [1.807, 2.05) is 18.2 Å². The van der Waals surface area contributed by atoms with Crippen LogP contribution in [0.1, 0.15) is 17.2 Å². The average Bonchev–Trinajstić information content (AvgIpc) is 2.45. The van der Waals surface area contributed by atoms with Crippen LogP contribution in [0.15, 0.2) is 48.5 Å². The van der Waals surface area contributed by atoms with E-state index >= 15 is 0 Å². The van der Waals surface area contributed by atoms with E-state index in [9.17, 15) is 13.2 Å². The lowest BCUT2D eigenvalue weighted by molar-refractivity contribution is -0.274. The van der Waals surface area contributed by atoms with Crippen molar-refractivity contribution in [1.29, 1.82) is 0 Å². The van der Waals surface area contributed by atoms with E-state index in [1.54, 1.807) is 6.07 Å². The highest BCUT2D eigenvalue weighted by atomic mass is 19.4. The van der Waals surface area contributed by atoms with E-state index in [2.05, 4.69) is 4.74 Å². The number of hydrogen-bond acceptors (Lipinski definition) is 3.